The second-order valence-electron chi connectivity index (χ2n) is 8.22. The van der Waals surface area contributed by atoms with E-state index >= 15 is 0 Å². The monoisotopic (exact) mass is 470 g/mol. The van der Waals surface area contributed by atoms with Crippen LogP contribution < -0.4 is 5.32 Å². The maximum absolute atomic E-state index is 13.5. The average molecular weight is 471 g/mol. The predicted octanol–water partition coefficient (Wildman–Crippen LogP) is 3.80. The van der Waals surface area contributed by atoms with Crippen LogP contribution in [0.3, 0.4) is 0 Å². The topological polar surface area (TPSA) is 119 Å². The molecule has 10 heteroatoms. The first-order chi connectivity index (χ1) is 15.7. The number of anilines is 1. The maximum Gasteiger partial charge on any atom is 0.248 e. The molecule has 0 saturated carbocycles. The minimum Gasteiger partial charge on any atom is -0.360 e. The molecule has 0 radical (unpaired) electrons. The summed E-state index contributed by atoms with van der Waals surface area (Å²) in [5.74, 6) is 0.267. The van der Waals surface area contributed by atoms with Crippen molar-refractivity contribution in [2.24, 2.45) is 5.92 Å². The molecule has 33 heavy (non-hydrogen) atoms. The van der Waals surface area contributed by atoms with E-state index < -0.39 is 15.9 Å². The molecule has 1 fully saturated rings. The Labute approximate surface area is 192 Å². The molecule has 0 aliphatic carbocycles. The third-order valence-electron chi connectivity index (χ3n) is 5.57. The summed E-state index contributed by atoms with van der Waals surface area (Å²) in [5.41, 5.74) is 2.33. The minimum atomic E-state index is -3.91. The smallest absolute Gasteiger partial charge is 0.248 e. The predicted molar refractivity (Wildman–Crippen MR) is 123 cm³/mol. The molecule has 1 saturated heterocycles. The Kier molecular flexibility index (Phi) is 6.48. The highest BCUT2D eigenvalue weighted by molar-refractivity contribution is 7.89. The van der Waals surface area contributed by atoms with Crippen molar-refractivity contribution < 1.29 is 22.3 Å². The Morgan fingerprint density at radius 2 is 1.88 bits per heavy atom. The molecule has 3 heterocycles. The summed E-state index contributed by atoms with van der Waals surface area (Å²) in [6.45, 7) is 5.71. The van der Waals surface area contributed by atoms with Crippen LogP contribution in [-0.2, 0) is 14.8 Å². The zero-order chi connectivity index (χ0) is 23.6. The number of hydrogen-bond acceptors (Lipinski definition) is 7. The lowest BCUT2D eigenvalue weighted by Gasteiger charge is -2.30. The molecule has 1 N–H and O–H groups in total. The van der Waals surface area contributed by atoms with Crippen LogP contribution in [0.15, 0.2) is 44.3 Å². The van der Waals surface area contributed by atoms with E-state index in [9.17, 15) is 13.2 Å². The molecule has 9 nitrogen and oxygen atoms in total. The van der Waals surface area contributed by atoms with E-state index in [0.717, 1.165) is 11.1 Å². The Balaban J connectivity index is 1.53. The summed E-state index contributed by atoms with van der Waals surface area (Å²) in [6.07, 6.45) is 4.54. The second-order valence-corrected chi connectivity index (χ2v) is 10.1. The van der Waals surface area contributed by atoms with E-state index in [1.807, 2.05) is 31.2 Å². The molecule has 2 aromatic heterocycles. The maximum atomic E-state index is 13.5. The number of amides is 1. The van der Waals surface area contributed by atoms with Gasteiger partial charge in [0.2, 0.25) is 15.9 Å². The van der Waals surface area contributed by atoms with Gasteiger partial charge in [0, 0.05) is 19.2 Å². The van der Waals surface area contributed by atoms with Gasteiger partial charge in [-0.05, 0) is 45.3 Å². The molecule has 0 bridgehead atoms. The van der Waals surface area contributed by atoms with Crippen molar-refractivity contribution in [3.05, 3.63) is 58.7 Å². The number of benzene rings is 1. The van der Waals surface area contributed by atoms with Gasteiger partial charge in [0.05, 0.1) is 5.92 Å². The largest absolute Gasteiger partial charge is 0.360 e. The standard InChI is InChI=1S/C23H26N4O5S/c1-15-6-8-18(9-7-15)10-11-20-22(17(3)25-32-20)33(29,30)27-12-4-5-19(14-27)23(28)24-21-13-16(2)31-26-21/h6-11,13,19H,4-5,12,14H2,1-3H3,(H,24,26,28)/b11-10+/t19-/m1/s1. The number of carbonyl (C=O) groups excluding carboxylic acids is 1. The first-order valence-electron chi connectivity index (χ1n) is 10.7. The van der Waals surface area contributed by atoms with Crippen LogP contribution in [0.4, 0.5) is 5.82 Å². The van der Waals surface area contributed by atoms with Crippen LogP contribution in [0, 0.1) is 26.7 Å². The summed E-state index contributed by atoms with van der Waals surface area (Å²) < 4.78 is 38.7. The number of nitrogens with one attached hydrogen (secondary N) is 1. The van der Waals surface area contributed by atoms with Crippen LogP contribution in [0.2, 0.25) is 0 Å². The number of hydrogen-bond donors (Lipinski definition) is 1. The van der Waals surface area contributed by atoms with Gasteiger partial charge in [-0.1, -0.05) is 46.2 Å². The van der Waals surface area contributed by atoms with Gasteiger partial charge in [0.25, 0.3) is 0 Å². The number of carbonyl (C=O) groups is 1. The zero-order valence-electron chi connectivity index (χ0n) is 18.7. The Morgan fingerprint density at radius 1 is 1.12 bits per heavy atom. The highest BCUT2D eigenvalue weighted by atomic mass is 32.2. The first-order valence-corrected chi connectivity index (χ1v) is 12.1. The lowest BCUT2D eigenvalue weighted by Crippen LogP contribution is -2.43. The fraction of sp³-hybridized carbons (Fsp3) is 0.348. The van der Waals surface area contributed by atoms with Crippen molar-refractivity contribution in [2.75, 3.05) is 18.4 Å². The van der Waals surface area contributed by atoms with Crippen molar-refractivity contribution in [3.63, 3.8) is 0 Å². The van der Waals surface area contributed by atoms with E-state index in [2.05, 4.69) is 15.6 Å². The molecule has 3 aromatic rings. The van der Waals surface area contributed by atoms with E-state index in [0.29, 0.717) is 31.0 Å². The Bertz CT molecular complexity index is 1270. The molecule has 174 valence electrons. The van der Waals surface area contributed by atoms with Crippen LogP contribution in [0.5, 0.6) is 0 Å². The molecule has 0 spiro atoms. The van der Waals surface area contributed by atoms with E-state index in [1.165, 1.54) is 4.31 Å². The normalized spacial score (nSPS) is 17.5. The van der Waals surface area contributed by atoms with Crippen molar-refractivity contribution >= 4 is 33.9 Å². The SMILES string of the molecule is Cc1ccc(/C=C/c2onc(C)c2S(=O)(=O)N2CCC[C@@H](C(=O)Nc3cc(C)on3)C2)cc1. The number of aryl methyl sites for hydroxylation is 3. The number of nitrogens with zero attached hydrogens (tertiary/aromatic N) is 3. The molecule has 1 amide bonds. The summed E-state index contributed by atoms with van der Waals surface area (Å²) >= 11 is 0. The van der Waals surface area contributed by atoms with Crippen molar-refractivity contribution in [3.8, 4) is 0 Å². The highest BCUT2D eigenvalue weighted by Crippen LogP contribution is 2.29. The third-order valence-corrected chi connectivity index (χ3v) is 7.59. The van der Waals surface area contributed by atoms with Crippen molar-refractivity contribution in [2.45, 2.75) is 38.5 Å². The summed E-state index contributed by atoms with van der Waals surface area (Å²) in [6, 6.07) is 9.44. The van der Waals surface area contributed by atoms with Gasteiger partial charge in [0.15, 0.2) is 16.5 Å². The van der Waals surface area contributed by atoms with E-state index in [1.54, 1.807) is 32.1 Å². The van der Waals surface area contributed by atoms with Gasteiger partial charge < -0.3 is 14.4 Å². The van der Waals surface area contributed by atoms with Gasteiger partial charge in [-0.15, -0.1) is 0 Å². The number of rotatable bonds is 6. The van der Waals surface area contributed by atoms with Gasteiger partial charge in [0.1, 0.15) is 11.5 Å². The van der Waals surface area contributed by atoms with Crippen molar-refractivity contribution in [1.82, 2.24) is 14.6 Å². The molecule has 1 atom stereocenters. The molecule has 0 unspecified atom stereocenters. The molecular weight excluding hydrogens is 444 g/mol. The highest BCUT2D eigenvalue weighted by Gasteiger charge is 2.37. The molecular formula is C23H26N4O5S. The fourth-order valence-electron chi connectivity index (χ4n) is 3.81. The Hall–Kier alpha value is -3.24. The summed E-state index contributed by atoms with van der Waals surface area (Å²) in [5, 5.41) is 10.3. The first kappa shape index (κ1) is 22.9. The molecule has 4 rings (SSSR count). The molecule has 1 aromatic carbocycles. The lowest BCUT2D eigenvalue weighted by molar-refractivity contribution is -0.120. The number of piperidine rings is 1. The number of aromatic nitrogens is 2. The second kappa shape index (κ2) is 9.32. The molecule has 1 aliphatic heterocycles. The van der Waals surface area contributed by atoms with E-state index in [4.69, 9.17) is 9.05 Å². The summed E-state index contributed by atoms with van der Waals surface area (Å²) in [4.78, 5) is 12.7. The van der Waals surface area contributed by atoms with Gasteiger partial charge >= 0.3 is 0 Å². The quantitative estimate of drug-likeness (QED) is 0.582. The fourth-order valence-corrected chi connectivity index (χ4v) is 5.58. The van der Waals surface area contributed by atoms with Crippen LogP contribution in [-0.4, -0.2) is 42.0 Å². The zero-order valence-corrected chi connectivity index (χ0v) is 19.6. The van der Waals surface area contributed by atoms with E-state index in [-0.39, 0.29) is 28.8 Å². The van der Waals surface area contributed by atoms with Gasteiger partial charge in [-0.3, -0.25) is 4.79 Å². The van der Waals surface area contributed by atoms with Crippen LogP contribution in [0.25, 0.3) is 12.2 Å². The average Bonchev–Trinajstić information content (AvgIpc) is 3.38. The lowest BCUT2D eigenvalue weighted by atomic mass is 9.99. The third kappa shape index (κ3) is 5.07. The number of sulfonamides is 1. The van der Waals surface area contributed by atoms with Gasteiger partial charge in [-0.2, -0.15) is 4.31 Å². The van der Waals surface area contributed by atoms with Crippen LogP contribution >= 0.6 is 0 Å². The van der Waals surface area contributed by atoms with Crippen LogP contribution in [0.1, 0.15) is 41.2 Å². The van der Waals surface area contributed by atoms with Crippen molar-refractivity contribution in [1.29, 1.82) is 0 Å². The summed E-state index contributed by atoms with van der Waals surface area (Å²) in [7, 11) is -3.91. The Morgan fingerprint density at radius 3 is 2.58 bits per heavy atom. The molecule has 1 aliphatic rings. The minimum absolute atomic E-state index is 0.0269. The van der Waals surface area contributed by atoms with Gasteiger partial charge in [-0.25, -0.2) is 8.42 Å².